The van der Waals surface area contributed by atoms with Gasteiger partial charge in [0.2, 0.25) is 0 Å². The lowest BCUT2D eigenvalue weighted by atomic mass is 9.71. The topological polar surface area (TPSA) is 38.0 Å². The summed E-state index contributed by atoms with van der Waals surface area (Å²) >= 11 is 0. The Morgan fingerprint density at radius 2 is 2.00 bits per heavy atom. The van der Waals surface area contributed by atoms with E-state index in [1.807, 2.05) is 16.9 Å². The fourth-order valence-corrected chi connectivity index (χ4v) is 2.96. The molecule has 19 heavy (non-hydrogen) atoms. The van der Waals surface area contributed by atoms with Crippen LogP contribution in [0.3, 0.4) is 0 Å². The van der Waals surface area contributed by atoms with Crippen LogP contribution in [0, 0.1) is 11.3 Å². The highest BCUT2D eigenvalue weighted by molar-refractivity contribution is 5.02. The maximum absolute atomic E-state index is 10.4. The number of rotatable bonds is 4. The largest absolute Gasteiger partial charge is 0.392 e. The second-order valence-electron chi connectivity index (χ2n) is 7.15. The average molecular weight is 264 g/mol. The van der Waals surface area contributed by atoms with E-state index < -0.39 is 0 Å². The summed E-state index contributed by atoms with van der Waals surface area (Å²) in [7, 11) is 0. The van der Waals surface area contributed by atoms with Gasteiger partial charge in [-0.3, -0.25) is 4.68 Å². The van der Waals surface area contributed by atoms with Gasteiger partial charge < -0.3 is 5.11 Å². The number of aliphatic hydroxyl groups excluding tert-OH is 1. The molecule has 1 aromatic heterocycles. The van der Waals surface area contributed by atoms with Crippen molar-refractivity contribution >= 4 is 0 Å². The molecule has 0 saturated heterocycles. The van der Waals surface area contributed by atoms with Crippen LogP contribution in [0.2, 0.25) is 0 Å². The lowest BCUT2D eigenvalue weighted by Gasteiger charge is -2.36. The van der Waals surface area contributed by atoms with Gasteiger partial charge in [0.05, 0.1) is 11.8 Å². The summed E-state index contributed by atoms with van der Waals surface area (Å²) in [6.45, 7) is 8.91. The van der Waals surface area contributed by atoms with Crippen LogP contribution in [0.15, 0.2) is 12.3 Å². The van der Waals surface area contributed by atoms with Gasteiger partial charge in [0, 0.05) is 18.7 Å². The fraction of sp³-hybridized carbons (Fsp3) is 0.812. The Bertz CT molecular complexity index is 399. The minimum atomic E-state index is -0.230. The molecule has 0 aromatic carbocycles. The molecule has 3 nitrogen and oxygen atoms in total. The van der Waals surface area contributed by atoms with E-state index in [2.05, 4.69) is 32.8 Å². The second-order valence-corrected chi connectivity index (χ2v) is 7.15. The molecule has 0 amide bonds. The van der Waals surface area contributed by atoms with E-state index in [1.54, 1.807) is 0 Å². The molecule has 1 aliphatic carbocycles. The maximum atomic E-state index is 10.4. The summed E-state index contributed by atoms with van der Waals surface area (Å²) in [6, 6.07) is 2.43. The van der Waals surface area contributed by atoms with E-state index in [0.717, 1.165) is 18.5 Å². The lowest BCUT2D eigenvalue weighted by Crippen LogP contribution is -2.30. The Balaban J connectivity index is 1.88. The molecule has 0 spiro atoms. The molecule has 1 unspecified atom stereocenters. The molecule has 1 aromatic rings. The highest BCUT2D eigenvalue weighted by Crippen LogP contribution is 2.39. The standard InChI is InChI=1S/C16H28N2O/c1-12(2)18-10-7-14(17-18)11-15(19)13-5-8-16(3,4)9-6-13/h7,10,12-13,15,19H,5-6,8-9,11H2,1-4H3. The van der Waals surface area contributed by atoms with Crippen molar-refractivity contribution < 1.29 is 5.11 Å². The summed E-state index contributed by atoms with van der Waals surface area (Å²) in [5.41, 5.74) is 1.49. The Labute approximate surface area is 117 Å². The van der Waals surface area contributed by atoms with Crippen LogP contribution < -0.4 is 0 Å². The molecule has 0 aliphatic heterocycles. The Hall–Kier alpha value is -0.830. The molecule has 1 heterocycles. The van der Waals surface area contributed by atoms with E-state index in [1.165, 1.54) is 12.8 Å². The van der Waals surface area contributed by atoms with Crippen LogP contribution in [0.4, 0.5) is 0 Å². The van der Waals surface area contributed by atoms with E-state index in [0.29, 0.717) is 23.8 Å². The zero-order valence-electron chi connectivity index (χ0n) is 12.8. The summed E-state index contributed by atoms with van der Waals surface area (Å²) < 4.78 is 1.96. The second kappa shape index (κ2) is 5.66. The third-order valence-corrected chi connectivity index (χ3v) is 4.54. The van der Waals surface area contributed by atoms with E-state index in [9.17, 15) is 5.11 Å². The van der Waals surface area contributed by atoms with Crippen molar-refractivity contribution in [1.82, 2.24) is 9.78 Å². The van der Waals surface area contributed by atoms with Crippen molar-refractivity contribution in [2.45, 2.75) is 71.9 Å². The van der Waals surface area contributed by atoms with Gasteiger partial charge in [0.1, 0.15) is 0 Å². The van der Waals surface area contributed by atoms with Gasteiger partial charge in [-0.25, -0.2) is 0 Å². The van der Waals surface area contributed by atoms with Gasteiger partial charge in [-0.05, 0) is 56.9 Å². The number of aliphatic hydroxyl groups is 1. The van der Waals surface area contributed by atoms with Gasteiger partial charge in [-0.2, -0.15) is 5.10 Å². The minimum absolute atomic E-state index is 0.230. The molecule has 0 bridgehead atoms. The summed E-state index contributed by atoms with van der Waals surface area (Å²) in [5, 5.41) is 14.9. The van der Waals surface area contributed by atoms with Crippen LogP contribution in [0.25, 0.3) is 0 Å². The number of hydrogen-bond donors (Lipinski definition) is 1. The molecule has 1 fully saturated rings. The molecule has 2 rings (SSSR count). The maximum Gasteiger partial charge on any atom is 0.0650 e. The van der Waals surface area contributed by atoms with Gasteiger partial charge in [-0.15, -0.1) is 0 Å². The smallest absolute Gasteiger partial charge is 0.0650 e. The summed E-state index contributed by atoms with van der Waals surface area (Å²) in [5.74, 6) is 0.456. The van der Waals surface area contributed by atoms with E-state index in [-0.39, 0.29) is 6.10 Å². The highest BCUT2D eigenvalue weighted by atomic mass is 16.3. The van der Waals surface area contributed by atoms with Gasteiger partial charge in [0.25, 0.3) is 0 Å². The molecule has 1 aliphatic rings. The van der Waals surface area contributed by atoms with Crippen molar-refractivity contribution in [2.24, 2.45) is 11.3 Å². The minimum Gasteiger partial charge on any atom is -0.392 e. The Morgan fingerprint density at radius 3 is 2.53 bits per heavy atom. The van der Waals surface area contributed by atoms with Crippen LogP contribution in [-0.4, -0.2) is 21.0 Å². The van der Waals surface area contributed by atoms with Crippen LogP contribution in [-0.2, 0) is 6.42 Å². The number of nitrogens with zero attached hydrogens (tertiary/aromatic N) is 2. The summed E-state index contributed by atoms with van der Waals surface area (Å²) in [4.78, 5) is 0. The quantitative estimate of drug-likeness (QED) is 0.902. The molecule has 0 radical (unpaired) electrons. The monoisotopic (exact) mass is 264 g/mol. The van der Waals surface area contributed by atoms with Gasteiger partial charge >= 0.3 is 0 Å². The normalized spacial score (nSPS) is 21.8. The molecule has 108 valence electrons. The molecular formula is C16H28N2O. The third-order valence-electron chi connectivity index (χ3n) is 4.54. The first-order valence-corrected chi connectivity index (χ1v) is 7.59. The van der Waals surface area contributed by atoms with Crippen molar-refractivity contribution in [3.05, 3.63) is 18.0 Å². The molecule has 1 N–H and O–H groups in total. The van der Waals surface area contributed by atoms with E-state index >= 15 is 0 Å². The highest BCUT2D eigenvalue weighted by Gasteiger charge is 2.30. The SMILES string of the molecule is CC(C)n1ccc(CC(O)C2CCC(C)(C)CC2)n1. The lowest BCUT2D eigenvalue weighted by molar-refractivity contribution is 0.0569. The van der Waals surface area contributed by atoms with Gasteiger partial charge in [-0.1, -0.05) is 13.8 Å². The Morgan fingerprint density at radius 1 is 1.37 bits per heavy atom. The average Bonchev–Trinajstić information content (AvgIpc) is 2.77. The van der Waals surface area contributed by atoms with Gasteiger partial charge in [0.15, 0.2) is 0 Å². The molecule has 1 atom stereocenters. The first kappa shape index (κ1) is 14.6. The van der Waals surface area contributed by atoms with Crippen LogP contribution >= 0.6 is 0 Å². The van der Waals surface area contributed by atoms with Crippen molar-refractivity contribution in [2.75, 3.05) is 0 Å². The van der Waals surface area contributed by atoms with Crippen LogP contribution in [0.5, 0.6) is 0 Å². The predicted octanol–water partition coefficient (Wildman–Crippen LogP) is 3.58. The first-order valence-electron chi connectivity index (χ1n) is 7.59. The van der Waals surface area contributed by atoms with Crippen LogP contribution in [0.1, 0.15) is 65.1 Å². The molecule has 1 saturated carbocycles. The van der Waals surface area contributed by atoms with Crippen molar-refractivity contribution in [1.29, 1.82) is 0 Å². The third kappa shape index (κ3) is 3.82. The summed E-state index contributed by atoms with van der Waals surface area (Å²) in [6.07, 6.45) is 7.25. The number of aromatic nitrogens is 2. The van der Waals surface area contributed by atoms with Crippen molar-refractivity contribution in [3.63, 3.8) is 0 Å². The molecular weight excluding hydrogens is 236 g/mol. The zero-order valence-corrected chi connectivity index (χ0v) is 12.8. The van der Waals surface area contributed by atoms with E-state index in [4.69, 9.17) is 0 Å². The zero-order chi connectivity index (χ0) is 14.0. The van der Waals surface area contributed by atoms with Crippen molar-refractivity contribution in [3.8, 4) is 0 Å². The Kier molecular flexibility index (Phi) is 4.34. The predicted molar refractivity (Wildman–Crippen MR) is 78.1 cm³/mol. The fourth-order valence-electron chi connectivity index (χ4n) is 2.96. The first-order chi connectivity index (χ1) is 8.87. The molecule has 3 heteroatoms. The number of hydrogen-bond acceptors (Lipinski definition) is 2.